The highest BCUT2D eigenvalue weighted by atomic mass is 16.2. The van der Waals surface area contributed by atoms with E-state index < -0.39 is 0 Å². The maximum absolute atomic E-state index is 12.7. The molecule has 0 bridgehead atoms. The zero-order chi connectivity index (χ0) is 15.7. The molecule has 2 aromatic rings. The van der Waals surface area contributed by atoms with Crippen molar-refractivity contribution in [2.75, 3.05) is 13.1 Å². The van der Waals surface area contributed by atoms with Crippen molar-refractivity contribution in [1.29, 1.82) is 0 Å². The highest BCUT2D eigenvalue weighted by molar-refractivity contribution is 5.94. The number of nitrogens with zero attached hydrogens (tertiary/aromatic N) is 3. The van der Waals surface area contributed by atoms with Gasteiger partial charge in [0.25, 0.3) is 5.91 Å². The molecule has 1 aromatic heterocycles. The lowest BCUT2D eigenvalue weighted by atomic mass is 10.1. The van der Waals surface area contributed by atoms with Crippen LogP contribution in [0.3, 0.4) is 0 Å². The molecule has 1 aliphatic rings. The molecule has 1 aromatic carbocycles. The fourth-order valence-electron chi connectivity index (χ4n) is 2.82. The Labute approximate surface area is 130 Å². The summed E-state index contributed by atoms with van der Waals surface area (Å²) < 4.78 is 1.82. The maximum atomic E-state index is 12.7. The number of rotatable bonds is 2. The molecule has 0 spiro atoms. The molecule has 1 aliphatic heterocycles. The predicted molar refractivity (Wildman–Crippen MR) is 86.3 cm³/mol. The van der Waals surface area contributed by atoms with Crippen LogP contribution in [0.2, 0.25) is 0 Å². The third kappa shape index (κ3) is 2.76. The first-order chi connectivity index (χ1) is 10.6. The third-order valence-corrected chi connectivity index (χ3v) is 4.39. The van der Waals surface area contributed by atoms with Crippen molar-refractivity contribution in [2.45, 2.75) is 32.9 Å². The molecule has 1 amide bonds. The topological polar surface area (TPSA) is 50.2 Å². The van der Waals surface area contributed by atoms with E-state index in [2.05, 4.69) is 24.3 Å². The van der Waals surface area contributed by atoms with Crippen LogP contribution in [0.1, 0.15) is 29.8 Å². The summed E-state index contributed by atoms with van der Waals surface area (Å²) in [6.07, 6.45) is 3.79. The number of carbonyl (C=O) groups excluding carboxylic acids is 1. The van der Waals surface area contributed by atoms with Gasteiger partial charge in [-0.15, -0.1) is 0 Å². The van der Waals surface area contributed by atoms with Gasteiger partial charge in [0.2, 0.25) is 0 Å². The Balaban J connectivity index is 1.79. The van der Waals surface area contributed by atoms with Crippen LogP contribution in [0.4, 0.5) is 0 Å². The summed E-state index contributed by atoms with van der Waals surface area (Å²) in [5.41, 5.74) is 2.81. The third-order valence-electron chi connectivity index (χ3n) is 4.39. The fourth-order valence-corrected chi connectivity index (χ4v) is 2.82. The standard InChI is InChI=1S/C17H22N4O/c1-12-10-19-21(11-12)16-6-4-15(5-7-16)17(22)20-9-8-18-13(2)14(20)3/h4-7,10-11,13-14,18H,8-9H2,1-3H3. The lowest BCUT2D eigenvalue weighted by Crippen LogP contribution is -2.57. The van der Waals surface area contributed by atoms with E-state index >= 15 is 0 Å². The number of hydrogen-bond donors (Lipinski definition) is 1. The summed E-state index contributed by atoms with van der Waals surface area (Å²) >= 11 is 0. The Morgan fingerprint density at radius 3 is 2.64 bits per heavy atom. The highest BCUT2D eigenvalue weighted by Crippen LogP contribution is 2.16. The molecule has 1 fully saturated rings. The van der Waals surface area contributed by atoms with Gasteiger partial charge in [-0.1, -0.05) is 0 Å². The van der Waals surface area contributed by atoms with E-state index in [-0.39, 0.29) is 11.9 Å². The van der Waals surface area contributed by atoms with E-state index in [4.69, 9.17) is 0 Å². The molecule has 1 N–H and O–H groups in total. The molecular formula is C17H22N4O. The highest BCUT2D eigenvalue weighted by Gasteiger charge is 2.28. The van der Waals surface area contributed by atoms with Gasteiger partial charge in [-0.25, -0.2) is 4.68 Å². The maximum Gasteiger partial charge on any atom is 0.254 e. The minimum Gasteiger partial charge on any atom is -0.333 e. The van der Waals surface area contributed by atoms with Crippen LogP contribution in [-0.2, 0) is 0 Å². The van der Waals surface area contributed by atoms with Gasteiger partial charge in [0, 0.05) is 36.9 Å². The molecule has 1 saturated heterocycles. The van der Waals surface area contributed by atoms with E-state index in [1.807, 2.05) is 53.2 Å². The van der Waals surface area contributed by atoms with Gasteiger partial charge in [0.1, 0.15) is 0 Å². The SMILES string of the molecule is Cc1cnn(-c2ccc(C(=O)N3CCNC(C)C3C)cc2)c1. The average Bonchev–Trinajstić information content (AvgIpc) is 2.96. The molecular weight excluding hydrogens is 276 g/mol. The van der Waals surface area contributed by atoms with Crippen molar-refractivity contribution in [1.82, 2.24) is 20.0 Å². The summed E-state index contributed by atoms with van der Waals surface area (Å²) in [4.78, 5) is 14.6. The van der Waals surface area contributed by atoms with Crippen LogP contribution >= 0.6 is 0 Å². The number of carbonyl (C=O) groups is 1. The number of piperazine rings is 1. The van der Waals surface area contributed by atoms with Gasteiger partial charge in [-0.2, -0.15) is 5.10 Å². The van der Waals surface area contributed by atoms with Crippen LogP contribution in [0, 0.1) is 6.92 Å². The summed E-state index contributed by atoms with van der Waals surface area (Å²) in [5.74, 6) is 0.101. The predicted octanol–water partition coefficient (Wildman–Crippen LogP) is 2.00. The van der Waals surface area contributed by atoms with E-state index in [0.29, 0.717) is 6.04 Å². The number of nitrogens with one attached hydrogen (secondary N) is 1. The van der Waals surface area contributed by atoms with E-state index in [1.165, 1.54) is 0 Å². The largest absolute Gasteiger partial charge is 0.333 e. The Morgan fingerprint density at radius 2 is 2.00 bits per heavy atom. The molecule has 0 aliphatic carbocycles. The van der Waals surface area contributed by atoms with Gasteiger partial charge in [-0.3, -0.25) is 4.79 Å². The molecule has 5 nitrogen and oxygen atoms in total. The van der Waals surface area contributed by atoms with Crippen LogP contribution in [0.25, 0.3) is 5.69 Å². The molecule has 0 saturated carbocycles. The minimum absolute atomic E-state index is 0.101. The Hall–Kier alpha value is -2.14. The Morgan fingerprint density at radius 1 is 1.27 bits per heavy atom. The molecule has 116 valence electrons. The second kappa shape index (κ2) is 5.93. The van der Waals surface area contributed by atoms with Crippen molar-refractivity contribution in [2.24, 2.45) is 0 Å². The molecule has 22 heavy (non-hydrogen) atoms. The van der Waals surface area contributed by atoms with Gasteiger partial charge >= 0.3 is 0 Å². The quantitative estimate of drug-likeness (QED) is 0.922. The minimum atomic E-state index is 0.101. The van der Waals surface area contributed by atoms with E-state index in [9.17, 15) is 4.79 Å². The van der Waals surface area contributed by atoms with Gasteiger partial charge in [0.05, 0.1) is 11.9 Å². The van der Waals surface area contributed by atoms with Gasteiger partial charge in [0.15, 0.2) is 0 Å². The monoisotopic (exact) mass is 298 g/mol. The van der Waals surface area contributed by atoms with E-state index in [0.717, 1.165) is 29.9 Å². The number of benzene rings is 1. The number of aromatic nitrogens is 2. The zero-order valence-electron chi connectivity index (χ0n) is 13.3. The second-order valence-corrected chi connectivity index (χ2v) is 5.99. The number of amides is 1. The molecule has 3 rings (SSSR count). The van der Waals surface area contributed by atoms with Gasteiger partial charge < -0.3 is 10.2 Å². The van der Waals surface area contributed by atoms with Crippen LogP contribution in [-0.4, -0.2) is 45.8 Å². The molecule has 2 atom stereocenters. The van der Waals surface area contributed by atoms with Crippen molar-refractivity contribution in [3.8, 4) is 5.69 Å². The second-order valence-electron chi connectivity index (χ2n) is 5.99. The summed E-state index contributed by atoms with van der Waals surface area (Å²) in [7, 11) is 0. The lowest BCUT2D eigenvalue weighted by molar-refractivity contribution is 0.0603. The Bertz CT molecular complexity index is 662. The first-order valence-electron chi connectivity index (χ1n) is 7.72. The average molecular weight is 298 g/mol. The molecule has 2 heterocycles. The summed E-state index contributed by atoms with van der Waals surface area (Å²) in [6, 6.07) is 8.17. The summed E-state index contributed by atoms with van der Waals surface area (Å²) in [5, 5.41) is 7.68. The molecule has 5 heteroatoms. The van der Waals surface area contributed by atoms with Crippen LogP contribution < -0.4 is 5.32 Å². The normalized spacial score (nSPS) is 21.9. The fraction of sp³-hybridized carbons (Fsp3) is 0.412. The first kappa shape index (κ1) is 14.8. The molecule has 0 radical (unpaired) electrons. The van der Waals surface area contributed by atoms with Crippen molar-refractivity contribution >= 4 is 5.91 Å². The number of aryl methyl sites for hydroxylation is 1. The smallest absolute Gasteiger partial charge is 0.254 e. The number of hydrogen-bond acceptors (Lipinski definition) is 3. The van der Waals surface area contributed by atoms with E-state index in [1.54, 1.807) is 0 Å². The molecule has 2 unspecified atom stereocenters. The lowest BCUT2D eigenvalue weighted by Gasteiger charge is -2.38. The van der Waals surface area contributed by atoms with Crippen molar-refractivity contribution in [3.63, 3.8) is 0 Å². The zero-order valence-corrected chi connectivity index (χ0v) is 13.3. The van der Waals surface area contributed by atoms with Crippen molar-refractivity contribution < 1.29 is 4.79 Å². The summed E-state index contributed by atoms with van der Waals surface area (Å²) in [6.45, 7) is 7.82. The first-order valence-corrected chi connectivity index (χ1v) is 7.72. The van der Waals surface area contributed by atoms with Crippen LogP contribution in [0.15, 0.2) is 36.7 Å². The van der Waals surface area contributed by atoms with Crippen LogP contribution in [0.5, 0.6) is 0 Å². The Kier molecular flexibility index (Phi) is 3.98. The van der Waals surface area contributed by atoms with Gasteiger partial charge in [-0.05, 0) is 50.6 Å². The van der Waals surface area contributed by atoms with Crippen molar-refractivity contribution in [3.05, 3.63) is 47.8 Å².